The molecule has 3 rings (SSSR count). The molecule has 0 fully saturated rings. The third-order valence-corrected chi connectivity index (χ3v) is 7.53. The lowest BCUT2D eigenvalue weighted by molar-refractivity contribution is 0.591. The zero-order chi connectivity index (χ0) is 15.9. The molecule has 0 saturated carbocycles. The fourth-order valence-electron chi connectivity index (χ4n) is 2.22. The molecule has 0 N–H and O–H groups in total. The molecule has 1 heterocycles. The standard InChI is InChI=1S/C14H10BrCl2NO2S2/c15-9-4-5-11-12(8-9)21-7-6-18(11)22(19,20)13-3-1-2-10(16)14(13)17/h1-5,8H,6-7H2. The predicted molar refractivity (Wildman–Crippen MR) is 95.9 cm³/mol. The fourth-order valence-corrected chi connectivity index (χ4v) is 6.16. The minimum Gasteiger partial charge on any atom is -0.264 e. The van der Waals surface area contributed by atoms with Crippen molar-refractivity contribution in [2.45, 2.75) is 9.79 Å². The second-order valence-electron chi connectivity index (χ2n) is 4.59. The van der Waals surface area contributed by atoms with Gasteiger partial charge in [0.2, 0.25) is 0 Å². The van der Waals surface area contributed by atoms with Gasteiger partial charge in [-0.3, -0.25) is 4.31 Å². The van der Waals surface area contributed by atoms with Crippen molar-refractivity contribution in [3.63, 3.8) is 0 Å². The maximum atomic E-state index is 13.0. The van der Waals surface area contributed by atoms with Crippen molar-refractivity contribution in [1.82, 2.24) is 0 Å². The quantitative estimate of drug-likeness (QED) is 0.657. The van der Waals surface area contributed by atoms with E-state index >= 15 is 0 Å². The van der Waals surface area contributed by atoms with Gasteiger partial charge < -0.3 is 0 Å². The Balaban J connectivity index is 2.14. The second kappa shape index (κ2) is 6.24. The summed E-state index contributed by atoms with van der Waals surface area (Å²) in [5.41, 5.74) is 0.662. The molecule has 0 unspecified atom stereocenters. The first-order valence-corrected chi connectivity index (χ1v) is 10.3. The minimum absolute atomic E-state index is 0.0300. The molecule has 0 aliphatic carbocycles. The van der Waals surface area contributed by atoms with Gasteiger partial charge in [-0.15, -0.1) is 11.8 Å². The van der Waals surface area contributed by atoms with Crippen LogP contribution in [-0.2, 0) is 10.0 Å². The fraction of sp³-hybridized carbons (Fsp3) is 0.143. The number of sulfonamides is 1. The molecule has 22 heavy (non-hydrogen) atoms. The average Bonchev–Trinajstić information content (AvgIpc) is 2.48. The number of nitrogens with zero attached hydrogens (tertiary/aromatic N) is 1. The molecule has 2 aromatic rings. The van der Waals surface area contributed by atoms with Crippen LogP contribution in [-0.4, -0.2) is 20.7 Å². The lowest BCUT2D eigenvalue weighted by Gasteiger charge is -2.30. The van der Waals surface area contributed by atoms with Gasteiger partial charge in [0.25, 0.3) is 10.0 Å². The SMILES string of the molecule is O=S(=O)(c1cccc(Cl)c1Cl)N1CCSc2cc(Br)ccc21. The molecule has 0 radical (unpaired) electrons. The molecule has 3 nitrogen and oxygen atoms in total. The van der Waals surface area contributed by atoms with Gasteiger partial charge >= 0.3 is 0 Å². The summed E-state index contributed by atoms with van der Waals surface area (Å²) >= 11 is 17.1. The van der Waals surface area contributed by atoms with Crippen LogP contribution in [0.25, 0.3) is 0 Å². The van der Waals surface area contributed by atoms with E-state index in [4.69, 9.17) is 23.2 Å². The van der Waals surface area contributed by atoms with E-state index < -0.39 is 10.0 Å². The number of hydrogen-bond acceptors (Lipinski definition) is 3. The lowest BCUT2D eigenvalue weighted by atomic mass is 10.3. The number of thioether (sulfide) groups is 1. The molecule has 1 aliphatic rings. The number of benzene rings is 2. The van der Waals surface area contributed by atoms with E-state index in [0.717, 1.165) is 9.37 Å². The molecule has 8 heteroatoms. The van der Waals surface area contributed by atoms with Gasteiger partial charge in [-0.25, -0.2) is 8.42 Å². The summed E-state index contributed by atoms with van der Waals surface area (Å²) in [4.78, 5) is 0.949. The molecule has 116 valence electrons. The van der Waals surface area contributed by atoms with Crippen LogP contribution >= 0.6 is 50.9 Å². The van der Waals surface area contributed by atoms with Crippen LogP contribution in [0.2, 0.25) is 10.0 Å². The highest BCUT2D eigenvalue weighted by atomic mass is 79.9. The van der Waals surface area contributed by atoms with Crippen LogP contribution in [0.5, 0.6) is 0 Å². The maximum Gasteiger partial charge on any atom is 0.265 e. The van der Waals surface area contributed by atoms with E-state index in [-0.39, 0.29) is 14.9 Å². The highest BCUT2D eigenvalue weighted by Crippen LogP contribution is 2.40. The third-order valence-electron chi connectivity index (χ3n) is 3.23. The van der Waals surface area contributed by atoms with Crippen LogP contribution < -0.4 is 4.31 Å². The topological polar surface area (TPSA) is 37.4 Å². The number of rotatable bonds is 2. The van der Waals surface area contributed by atoms with Crippen LogP contribution in [0.15, 0.2) is 50.7 Å². The summed E-state index contributed by atoms with van der Waals surface area (Å²) in [6.45, 7) is 0.393. The van der Waals surface area contributed by atoms with Crippen LogP contribution in [0.4, 0.5) is 5.69 Å². The molecular formula is C14H10BrCl2NO2S2. The molecule has 0 spiro atoms. The third kappa shape index (κ3) is 2.87. The van der Waals surface area contributed by atoms with E-state index in [0.29, 0.717) is 18.0 Å². The van der Waals surface area contributed by atoms with E-state index in [9.17, 15) is 8.42 Å². The van der Waals surface area contributed by atoms with Crippen molar-refractivity contribution in [1.29, 1.82) is 0 Å². The molecule has 2 aromatic carbocycles. The smallest absolute Gasteiger partial charge is 0.264 e. The Kier molecular flexibility index (Phi) is 4.67. The molecule has 0 saturated heterocycles. The predicted octanol–water partition coefficient (Wildman–Crippen LogP) is 5.06. The Bertz CT molecular complexity index is 843. The zero-order valence-electron chi connectivity index (χ0n) is 11.1. The van der Waals surface area contributed by atoms with Gasteiger partial charge in [0.1, 0.15) is 4.90 Å². The zero-order valence-corrected chi connectivity index (χ0v) is 15.8. The first kappa shape index (κ1) is 16.5. The number of halogens is 3. The summed E-state index contributed by atoms with van der Waals surface area (Å²) in [7, 11) is -3.75. The second-order valence-corrected chi connectivity index (χ2v) is 9.26. The lowest BCUT2D eigenvalue weighted by Crippen LogP contribution is -2.35. The van der Waals surface area contributed by atoms with Gasteiger partial charge in [-0.1, -0.05) is 45.2 Å². The molecular weight excluding hydrogens is 429 g/mol. The van der Waals surface area contributed by atoms with Crippen molar-refractivity contribution in [2.75, 3.05) is 16.6 Å². The van der Waals surface area contributed by atoms with Crippen LogP contribution in [0, 0.1) is 0 Å². The molecule has 0 atom stereocenters. The van der Waals surface area contributed by atoms with Crippen LogP contribution in [0.1, 0.15) is 0 Å². The molecule has 0 bridgehead atoms. The number of hydrogen-bond donors (Lipinski definition) is 0. The Morgan fingerprint density at radius 2 is 1.95 bits per heavy atom. The van der Waals surface area contributed by atoms with E-state index in [1.807, 2.05) is 12.1 Å². The Morgan fingerprint density at radius 3 is 2.73 bits per heavy atom. The van der Waals surface area contributed by atoms with Gasteiger partial charge in [0.15, 0.2) is 0 Å². The first-order valence-electron chi connectivity index (χ1n) is 6.30. The Labute approximate surface area is 151 Å². The highest BCUT2D eigenvalue weighted by Gasteiger charge is 2.31. The van der Waals surface area contributed by atoms with Gasteiger partial charge in [0, 0.05) is 21.7 Å². The highest BCUT2D eigenvalue weighted by molar-refractivity contribution is 9.10. The van der Waals surface area contributed by atoms with Gasteiger partial charge in [-0.2, -0.15) is 0 Å². The van der Waals surface area contributed by atoms with Crippen molar-refractivity contribution in [3.8, 4) is 0 Å². The molecule has 1 aliphatic heterocycles. The van der Waals surface area contributed by atoms with Crippen molar-refractivity contribution in [3.05, 3.63) is 50.9 Å². The summed E-state index contributed by atoms with van der Waals surface area (Å²) < 4.78 is 28.2. The van der Waals surface area contributed by atoms with Crippen molar-refractivity contribution in [2.24, 2.45) is 0 Å². The Morgan fingerprint density at radius 1 is 1.18 bits per heavy atom. The van der Waals surface area contributed by atoms with Crippen molar-refractivity contribution < 1.29 is 8.42 Å². The van der Waals surface area contributed by atoms with Crippen molar-refractivity contribution >= 4 is 66.6 Å². The van der Waals surface area contributed by atoms with E-state index in [2.05, 4.69) is 15.9 Å². The number of anilines is 1. The van der Waals surface area contributed by atoms with Gasteiger partial charge in [0.05, 0.1) is 15.7 Å². The average molecular weight is 439 g/mol. The monoisotopic (exact) mass is 437 g/mol. The first-order chi connectivity index (χ1) is 10.4. The normalized spacial score (nSPS) is 14.8. The van der Waals surface area contributed by atoms with E-state index in [1.165, 1.54) is 10.4 Å². The minimum atomic E-state index is -3.75. The van der Waals surface area contributed by atoms with E-state index in [1.54, 1.807) is 30.0 Å². The molecule has 0 amide bonds. The number of fused-ring (bicyclic) bond motifs is 1. The Hall–Kier alpha value is -0.400. The molecule has 0 aromatic heterocycles. The summed E-state index contributed by atoms with van der Waals surface area (Å²) in [5, 5.41) is 0.284. The van der Waals surface area contributed by atoms with Crippen LogP contribution in [0.3, 0.4) is 0 Å². The largest absolute Gasteiger partial charge is 0.265 e. The summed E-state index contributed by atoms with van der Waals surface area (Å²) in [6.07, 6.45) is 0. The van der Waals surface area contributed by atoms with Gasteiger partial charge in [-0.05, 0) is 30.3 Å². The summed E-state index contributed by atoms with van der Waals surface area (Å²) in [6, 6.07) is 10.2. The summed E-state index contributed by atoms with van der Waals surface area (Å²) in [5.74, 6) is 0.681. The maximum absolute atomic E-state index is 13.0.